The van der Waals surface area contributed by atoms with Crippen molar-refractivity contribution in [2.24, 2.45) is 11.1 Å². The van der Waals surface area contributed by atoms with Crippen LogP contribution in [0.25, 0.3) is 0 Å². The van der Waals surface area contributed by atoms with Crippen LogP contribution in [0.1, 0.15) is 51.4 Å². The summed E-state index contributed by atoms with van der Waals surface area (Å²) in [5.41, 5.74) is 9.14. The van der Waals surface area contributed by atoms with E-state index in [1.165, 1.54) is 37.1 Å². The third-order valence-corrected chi connectivity index (χ3v) is 5.74. The molecule has 0 radical (unpaired) electrons. The minimum absolute atomic E-state index is 0.0950. The van der Waals surface area contributed by atoms with Gasteiger partial charge in [0.05, 0.1) is 11.1 Å². The number of nitrogens with two attached hydrogens (primary N) is 1. The van der Waals surface area contributed by atoms with E-state index < -0.39 is 5.72 Å². The van der Waals surface area contributed by atoms with Crippen molar-refractivity contribution in [3.8, 4) is 0 Å². The van der Waals surface area contributed by atoms with E-state index in [1.807, 2.05) is 7.05 Å². The molecule has 1 saturated heterocycles. The van der Waals surface area contributed by atoms with Gasteiger partial charge in [-0.1, -0.05) is 12.5 Å². The van der Waals surface area contributed by atoms with E-state index in [4.69, 9.17) is 10.5 Å². The van der Waals surface area contributed by atoms with Gasteiger partial charge in [-0.25, -0.2) is 0 Å². The zero-order chi connectivity index (χ0) is 15.2. The fraction of sp³-hybridized carbons (Fsp3) is 0.667. The lowest BCUT2D eigenvalue weighted by Gasteiger charge is -2.42. The van der Waals surface area contributed by atoms with Gasteiger partial charge < -0.3 is 15.0 Å². The minimum atomic E-state index is -0.515. The normalized spacial score (nSPS) is 36.5. The molecule has 1 saturated carbocycles. The van der Waals surface area contributed by atoms with Crippen molar-refractivity contribution in [2.75, 3.05) is 13.6 Å². The van der Waals surface area contributed by atoms with Crippen LogP contribution in [-0.4, -0.2) is 24.2 Å². The van der Waals surface area contributed by atoms with E-state index in [0.717, 1.165) is 32.2 Å². The van der Waals surface area contributed by atoms with E-state index in [1.54, 1.807) is 5.57 Å². The van der Waals surface area contributed by atoms with Gasteiger partial charge in [0.15, 0.2) is 5.72 Å². The monoisotopic (exact) mass is 301 g/mol. The molecule has 2 atom stereocenters. The van der Waals surface area contributed by atoms with Crippen LogP contribution in [0.3, 0.4) is 0 Å². The second-order valence-corrected chi connectivity index (χ2v) is 7.25. The van der Waals surface area contributed by atoms with Gasteiger partial charge >= 0.3 is 0 Å². The molecule has 0 aromatic heterocycles. The molecule has 0 aromatic carbocycles. The second-order valence-electron chi connectivity index (χ2n) is 7.25. The van der Waals surface area contributed by atoms with Crippen LogP contribution in [0.4, 0.5) is 0 Å². The van der Waals surface area contributed by atoms with Crippen LogP contribution in [0.15, 0.2) is 35.5 Å². The molecule has 0 aromatic rings. The molecule has 4 aliphatic rings. The maximum Gasteiger partial charge on any atom is 0.160 e. The topological polar surface area (TPSA) is 50.5 Å². The van der Waals surface area contributed by atoms with Gasteiger partial charge in [0.2, 0.25) is 0 Å². The summed E-state index contributed by atoms with van der Waals surface area (Å²) in [6, 6.07) is 0. The molecule has 4 rings (SSSR count). The lowest BCUT2D eigenvalue weighted by atomic mass is 9.65. The summed E-state index contributed by atoms with van der Waals surface area (Å²) in [5, 5.41) is 3.21. The Morgan fingerprint density at radius 2 is 2.27 bits per heavy atom. The molecule has 3 heterocycles. The van der Waals surface area contributed by atoms with Gasteiger partial charge in [-0.3, -0.25) is 5.73 Å². The predicted molar refractivity (Wildman–Crippen MR) is 87.4 cm³/mol. The van der Waals surface area contributed by atoms with Crippen molar-refractivity contribution in [3.63, 3.8) is 0 Å². The Balaban J connectivity index is 1.77. The van der Waals surface area contributed by atoms with E-state index >= 15 is 0 Å². The van der Waals surface area contributed by atoms with Gasteiger partial charge in [-0.2, -0.15) is 0 Å². The fourth-order valence-electron chi connectivity index (χ4n) is 4.68. The van der Waals surface area contributed by atoms with Crippen LogP contribution in [-0.2, 0) is 4.74 Å². The zero-order valence-corrected chi connectivity index (χ0v) is 13.5. The first-order valence-corrected chi connectivity index (χ1v) is 8.69. The van der Waals surface area contributed by atoms with E-state index in [0.29, 0.717) is 0 Å². The highest BCUT2D eigenvalue weighted by molar-refractivity contribution is 5.41. The minimum Gasteiger partial charge on any atom is -0.474 e. The summed E-state index contributed by atoms with van der Waals surface area (Å²) in [6.07, 6.45) is 15.8. The van der Waals surface area contributed by atoms with Crippen molar-refractivity contribution in [1.82, 2.24) is 10.2 Å². The van der Waals surface area contributed by atoms with Crippen LogP contribution < -0.4 is 11.1 Å². The third-order valence-electron chi connectivity index (χ3n) is 5.74. The second kappa shape index (κ2) is 5.14. The highest BCUT2D eigenvalue weighted by atomic mass is 16.5. The third kappa shape index (κ3) is 2.04. The smallest absolute Gasteiger partial charge is 0.160 e. The molecule has 120 valence electrons. The molecule has 4 heteroatoms. The lowest BCUT2D eigenvalue weighted by molar-refractivity contribution is 0.0345. The van der Waals surface area contributed by atoms with Crippen molar-refractivity contribution >= 4 is 0 Å². The zero-order valence-electron chi connectivity index (χ0n) is 13.5. The van der Waals surface area contributed by atoms with Crippen LogP contribution >= 0.6 is 0 Å². The molecule has 3 aliphatic heterocycles. The van der Waals surface area contributed by atoms with E-state index in [9.17, 15) is 0 Å². The quantitative estimate of drug-likeness (QED) is 0.841. The molecule has 22 heavy (non-hydrogen) atoms. The standard InChI is InChI=1S/C18H27N3O/c1-20-10-9-18(19)13-17-8-4-2-6-14(17)12-21-11-5-3-7-15(21)16(17)22-18/h5,11-12,20H,2-4,6-10,13,19H2,1H3. The Labute approximate surface area is 133 Å². The van der Waals surface area contributed by atoms with Crippen molar-refractivity contribution in [2.45, 2.75) is 57.1 Å². The first-order valence-electron chi connectivity index (χ1n) is 8.69. The maximum absolute atomic E-state index is 6.67. The van der Waals surface area contributed by atoms with Gasteiger partial charge in [-0.05, 0) is 51.3 Å². The Hall–Kier alpha value is -1.26. The Bertz CT molecular complexity index is 565. The first-order chi connectivity index (χ1) is 10.7. The summed E-state index contributed by atoms with van der Waals surface area (Å²) in [4.78, 5) is 2.29. The predicted octanol–water partition coefficient (Wildman–Crippen LogP) is 2.95. The van der Waals surface area contributed by atoms with E-state index in [2.05, 4.69) is 28.7 Å². The lowest BCUT2D eigenvalue weighted by Crippen LogP contribution is -2.42. The molecule has 4 nitrogen and oxygen atoms in total. The molecule has 2 unspecified atom stereocenters. The SMILES string of the molecule is CNCCC1(N)CC23CCCCC2=CN2C=CCCC2=C3O1. The Kier molecular flexibility index (Phi) is 3.35. The summed E-state index contributed by atoms with van der Waals surface area (Å²) in [5.74, 6) is 1.20. The number of ether oxygens (including phenoxy) is 1. The number of hydrogen-bond donors (Lipinski definition) is 2. The van der Waals surface area contributed by atoms with Gasteiger partial charge in [0, 0.05) is 25.2 Å². The largest absolute Gasteiger partial charge is 0.474 e. The highest BCUT2D eigenvalue weighted by Crippen LogP contribution is 2.60. The summed E-state index contributed by atoms with van der Waals surface area (Å²) < 4.78 is 6.49. The number of nitrogens with zero attached hydrogens (tertiary/aromatic N) is 1. The number of nitrogens with one attached hydrogen (secondary N) is 1. The van der Waals surface area contributed by atoms with E-state index in [-0.39, 0.29) is 5.41 Å². The highest BCUT2D eigenvalue weighted by Gasteiger charge is 2.57. The van der Waals surface area contributed by atoms with Crippen LogP contribution in [0.2, 0.25) is 0 Å². The van der Waals surface area contributed by atoms with Gasteiger partial charge in [0.25, 0.3) is 0 Å². The van der Waals surface area contributed by atoms with Crippen molar-refractivity contribution in [1.29, 1.82) is 0 Å². The molecular weight excluding hydrogens is 274 g/mol. The number of rotatable bonds is 3. The van der Waals surface area contributed by atoms with Crippen LogP contribution in [0.5, 0.6) is 0 Å². The average molecular weight is 301 g/mol. The molecule has 1 spiro atoms. The number of hydrogen-bond acceptors (Lipinski definition) is 4. The van der Waals surface area contributed by atoms with Gasteiger partial charge in [-0.15, -0.1) is 0 Å². The average Bonchev–Trinajstić information content (AvgIpc) is 2.84. The molecule has 0 bridgehead atoms. The first kappa shape index (κ1) is 14.3. The van der Waals surface area contributed by atoms with Gasteiger partial charge in [0.1, 0.15) is 5.76 Å². The summed E-state index contributed by atoms with van der Waals surface area (Å²) in [6.45, 7) is 0.901. The van der Waals surface area contributed by atoms with Crippen molar-refractivity contribution < 1.29 is 4.74 Å². The summed E-state index contributed by atoms with van der Waals surface area (Å²) >= 11 is 0. The van der Waals surface area contributed by atoms with Crippen LogP contribution in [0, 0.1) is 5.41 Å². The number of allylic oxidation sites excluding steroid dienone is 3. The Morgan fingerprint density at radius 3 is 3.14 bits per heavy atom. The Morgan fingerprint density at radius 1 is 1.36 bits per heavy atom. The molecular formula is C18H27N3O. The number of fused-ring (bicyclic) bond motifs is 1. The fourth-order valence-corrected chi connectivity index (χ4v) is 4.68. The summed E-state index contributed by atoms with van der Waals surface area (Å²) in [7, 11) is 1.98. The molecule has 0 amide bonds. The maximum atomic E-state index is 6.67. The molecule has 2 fully saturated rings. The molecule has 1 aliphatic carbocycles. The van der Waals surface area contributed by atoms with Crippen molar-refractivity contribution in [3.05, 3.63) is 35.5 Å². The molecule has 3 N–H and O–H groups in total.